The molecule has 4 rings (SSSR count). The molecule has 172 valence electrons. The fraction of sp³-hybridized carbons (Fsp3) is 0.346. The quantitative estimate of drug-likeness (QED) is 0.340. The van der Waals surface area contributed by atoms with Crippen molar-refractivity contribution < 1.29 is 9.84 Å². The lowest BCUT2D eigenvalue weighted by Crippen LogP contribution is -2.17. The van der Waals surface area contributed by atoms with Gasteiger partial charge in [0.2, 0.25) is 0 Å². The molecule has 1 N–H and O–H groups in total. The highest BCUT2D eigenvalue weighted by Crippen LogP contribution is 2.33. The molecule has 0 saturated carbocycles. The molecular formula is C26H29BrN4O2. The van der Waals surface area contributed by atoms with E-state index in [1.807, 2.05) is 47.1 Å². The molecule has 0 unspecified atom stereocenters. The lowest BCUT2D eigenvalue weighted by atomic mass is 9.97. The third-order valence-electron chi connectivity index (χ3n) is 5.26. The van der Waals surface area contributed by atoms with Crippen LogP contribution in [0.5, 0.6) is 5.75 Å². The van der Waals surface area contributed by atoms with E-state index in [-0.39, 0.29) is 5.41 Å². The van der Waals surface area contributed by atoms with Gasteiger partial charge in [-0.05, 0) is 82.2 Å². The molecule has 0 atom stereocenters. The number of rotatable bonds is 6. The predicted octanol–water partition coefficient (Wildman–Crippen LogP) is 6.11. The van der Waals surface area contributed by atoms with E-state index in [2.05, 4.69) is 58.1 Å². The van der Waals surface area contributed by atoms with Gasteiger partial charge in [0.25, 0.3) is 0 Å². The highest BCUT2D eigenvalue weighted by Gasteiger charge is 2.19. The Morgan fingerprint density at radius 3 is 2.48 bits per heavy atom. The zero-order chi connectivity index (χ0) is 23.8. The van der Waals surface area contributed by atoms with Crippen LogP contribution in [0.4, 0.5) is 0 Å². The molecule has 0 bridgehead atoms. The van der Waals surface area contributed by atoms with Crippen molar-refractivity contribution >= 4 is 27.0 Å². The Balaban J connectivity index is 1.54. The van der Waals surface area contributed by atoms with Crippen molar-refractivity contribution in [3.05, 3.63) is 70.5 Å². The lowest BCUT2D eigenvalue weighted by molar-refractivity contribution is 0.0739. The second kappa shape index (κ2) is 8.88. The summed E-state index contributed by atoms with van der Waals surface area (Å²) >= 11 is 3.65. The normalized spacial score (nSPS) is 12.3. The fourth-order valence-corrected chi connectivity index (χ4v) is 4.14. The second-order valence-corrected chi connectivity index (χ2v) is 10.8. The number of halogens is 1. The summed E-state index contributed by atoms with van der Waals surface area (Å²) < 4.78 is 8.87. The molecule has 0 aliphatic rings. The van der Waals surface area contributed by atoms with Gasteiger partial charge in [0.1, 0.15) is 23.5 Å². The molecule has 2 aromatic heterocycles. The van der Waals surface area contributed by atoms with E-state index < -0.39 is 5.60 Å². The van der Waals surface area contributed by atoms with E-state index >= 15 is 0 Å². The standard InChI is InChI=1S/C26H29BrN4O2/c1-25(2,3)16-31-20-9-10-21(23(27)24(20)29-30-31)33-15-17-7-6-8-18(13-17)19-11-12-28-22(14-19)26(4,5)32/h6-14,32H,15-16H2,1-5H3. The first-order valence-electron chi connectivity index (χ1n) is 10.9. The monoisotopic (exact) mass is 508 g/mol. The first-order valence-corrected chi connectivity index (χ1v) is 11.7. The van der Waals surface area contributed by atoms with Gasteiger partial charge in [-0.3, -0.25) is 4.98 Å². The van der Waals surface area contributed by atoms with Gasteiger partial charge in [-0.25, -0.2) is 4.68 Å². The maximum Gasteiger partial charge on any atom is 0.136 e. The maximum atomic E-state index is 10.3. The van der Waals surface area contributed by atoms with Gasteiger partial charge in [0.05, 0.1) is 15.7 Å². The summed E-state index contributed by atoms with van der Waals surface area (Å²) in [5, 5.41) is 19.0. The average Bonchev–Trinajstić information content (AvgIpc) is 3.15. The Bertz CT molecular complexity index is 1290. The van der Waals surface area contributed by atoms with Crippen molar-refractivity contribution in [2.24, 2.45) is 5.41 Å². The van der Waals surface area contributed by atoms with Crippen LogP contribution in [0.3, 0.4) is 0 Å². The van der Waals surface area contributed by atoms with Gasteiger partial charge in [-0.2, -0.15) is 0 Å². The van der Waals surface area contributed by atoms with Crippen molar-refractivity contribution in [1.29, 1.82) is 0 Å². The van der Waals surface area contributed by atoms with Crippen LogP contribution in [0.1, 0.15) is 45.9 Å². The molecule has 0 amide bonds. The van der Waals surface area contributed by atoms with Gasteiger partial charge in [-0.15, -0.1) is 5.10 Å². The third-order valence-corrected chi connectivity index (χ3v) is 6.02. The summed E-state index contributed by atoms with van der Waals surface area (Å²) in [6.07, 6.45) is 1.73. The van der Waals surface area contributed by atoms with Gasteiger partial charge in [0, 0.05) is 12.7 Å². The van der Waals surface area contributed by atoms with Crippen LogP contribution in [0.2, 0.25) is 0 Å². The van der Waals surface area contributed by atoms with E-state index in [0.717, 1.165) is 44.5 Å². The zero-order valence-corrected chi connectivity index (χ0v) is 21.2. The second-order valence-electron chi connectivity index (χ2n) is 10.0. The highest BCUT2D eigenvalue weighted by atomic mass is 79.9. The number of fused-ring (bicyclic) bond motifs is 1. The number of nitrogens with zero attached hydrogens (tertiary/aromatic N) is 4. The van der Waals surface area contributed by atoms with E-state index in [1.54, 1.807) is 20.0 Å². The maximum absolute atomic E-state index is 10.3. The molecule has 6 nitrogen and oxygen atoms in total. The molecule has 7 heteroatoms. The molecule has 0 aliphatic heterocycles. The molecule has 0 saturated heterocycles. The summed E-state index contributed by atoms with van der Waals surface area (Å²) in [6, 6.07) is 16.0. The number of hydrogen-bond acceptors (Lipinski definition) is 5. The topological polar surface area (TPSA) is 73.1 Å². The fourth-order valence-electron chi connectivity index (χ4n) is 3.61. The first kappa shape index (κ1) is 23.4. The number of hydrogen-bond donors (Lipinski definition) is 1. The van der Waals surface area contributed by atoms with Crippen molar-refractivity contribution in [3.63, 3.8) is 0 Å². The lowest BCUT2D eigenvalue weighted by Gasteiger charge is -2.18. The highest BCUT2D eigenvalue weighted by molar-refractivity contribution is 9.10. The SMILES string of the molecule is CC(C)(C)Cn1nnc2c(Br)c(OCc3cccc(-c4ccnc(C(C)(C)O)c4)c3)ccc21. The van der Waals surface area contributed by atoms with Crippen LogP contribution in [-0.2, 0) is 18.8 Å². The van der Waals surface area contributed by atoms with Crippen LogP contribution in [0.25, 0.3) is 22.2 Å². The Morgan fingerprint density at radius 1 is 1.00 bits per heavy atom. The van der Waals surface area contributed by atoms with E-state index in [0.29, 0.717) is 12.3 Å². The molecule has 4 aromatic rings. The molecule has 2 heterocycles. The van der Waals surface area contributed by atoms with Crippen molar-refractivity contribution in [3.8, 4) is 16.9 Å². The van der Waals surface area contributed by atoms with Crippen molar-refractivity contribution in [2.45, 2.75) is 53.4 Å². The minimum absolute atomic E-state index is 0.107. The van der Waals surface area contributed by atoms with E-state index in [9.17, 15) is 5.11 Å². The molecular weight excluding hydrogens is 480 g/mol. The van der Waals surface area contributed by atoms with E-state index in [4.69, 9.17) is 4.74 Å². The minimum Gasteiger partial charge on any atom is -0.488 e. The molecule has 33 heavy (non-hydrogen) atoms. The summed E-state index contributed by atoms with van der Waals surface area (Å²) in [4.78, 5) is 4.30. The van der Waals surface area contributed by atoms with Gasteiger partial charge in [-0.1, -0.05) is 44.2 Å². The minimum atomic E-state index is -0.990. The summed E-state index contributed by atoms with van der Waals surface area (Å²) in [5.74, 6) is 0.726. The van der Waals surface area contributed by atoms with Gasteiger partial charge >= 0.3 is 0 Å². The van der Waals surface area contributed by atoms with Gasteiger partial charge in [0.15, 0.2) is 0 Å². The Kier molecular flexibility index (Phi) is 6.29. The van der Waals surface area contributed by atoms with E-state index in [1.165, 1.54) is 0 Å². The van der Waals surface area contributed by atoms with Crippen LogP contribution in [0, 0.1) is 5.41 Å². The Hall–Kier alpha value is -2.77. The average molecular weight is 509 g/mol. The third kappa shape index (κ3) is 5.42. The number of aromatic nitrogens is 4. The van der Waals surface area contributed by atoms with Crippen LogP contribution < -0.4 is 4.74 Å². The molecule has 0 radical (unpaired) electrons. The number of benzene rings is 2. The number of ether oxygens (including phenoxy) is 1. The predicted molar refractivity (Wildman–Crippen MR) is 134 cm³/mol. The molecule has 2 aromatic carbocycles. The molecule has 0 aliphatic carbocycles. The van der Waals surface area contributed by atoms with Crippen LogP contribution >= 0.6 is 15.9 Å². The smallest absolute Gasteiger partial charge is 0.136 e. The summed E-state index contributed by atoms with van der Waals surface area (Å²) in [5.41, 5.74) is 4.61. The van der Waals surface area contributed by atoms with Crippen molar-refractivity contribution in [1.82, 2.24) is 20.0 Å². The summed E-state index contributed by atoms with van der Waals surface area (Å²) in [6.45, 7) is 11.2. The number of aliphatic hydroxyl groups is 1. The Labute approximate surface area is 202 Å². The van der Waals surface area contributed by atoms with Crippen LogP contribution in [-0.4, -0.2) is 25.1 Å². The number of pyridine rings is 1. The van der Waals surface area contributed by atoms with Crippen LogP contribution in [0.15, 0.2) is 59.2 Å². The summed E-state index contributed by atoms with van der Waals surface area (Å²) in [7, 11) is 0. The Morgan fingerprint density at radius 2 is 1.76 bits per heavy atom. The first-order chi connectivity index (χ1) is 15.5. The molecule has 0 fully saturated rings. The van der Waals surface area contributed by atoms with Gasteiger partial charge < -0.3 is 9.84 Å². The molecule has 0 spiro atoms. The zero-order valence-electron chi connectivity index (χ0n) is 19.6. The largest absolute Gasteiger partial charge is 0.488 e. The van der Waals surface area contributed by atoms with Crippen molar-refractivity contribution in [2.75, 3.05) is 0 Å².